The van der Waals surface area contributed by atoms with Crippen molar-refractivity contribution in [3.63, 3.8) is 0 Å². The number of nitrogens with zero attached hydrogens (tertiary/aromatic N) is 1. The Balaban J connectivity index is 2.13. The smallest absolute Gasteiger partial charge is 0.213 e. The Hall–Kier alpha value is -1.66. The van der Waals surface area contributed by atoms with E-state index in [0.29, 0.717) is 12.4 Å². The predicted molar refractivity (Wildman–Crippen MR) is 73.1 cm³/mol. The third-order valence-corrected chi connectivity index (χ3v) is 4.01. The van der Waals surface area contributed by atoms with E-state index >= 15 is 0 Å². The zero-order valence-electron chi connectivity index (χ0n) is 10.1. The highest BCUT2D eigenvalue weighted by molar-refractivity contribution is 7.89. The summed E-state index contributed by atoms with van der Waals surface area (Å²) in [5.74, 6) is 0.730. The van der Waals surface area contributed by atoms with Gasteiger partial charge in [-0.15, -0.1) is 0 Å². The van der Waals surface area contributed by atoms with Gasteiger partial charge in [-0.25, -0.2) is 18.1 Å². The molecular weight excluding hydrogens is 250 g/mol. The minimum absolute atomic E-state index is 0.0222. The molecule has 1 aromatic carbocycles. The van der Waals surface area contributed by atoms with Crippen LogP contribution in [0.1, 0.15) is 0 Å². The summed E-state index contributed by atoms with van der Waals surface area (Å²) < 4.78 is 24.8. The lowest BCUT2D eigenvalue weighted by atomic mass is 10.1. The van der Waals surface area contributed by atoms with Crippen LogP contribution in [0.4, 0.5) is 5.82 Å². The minimum atomic E-state index is -3.18. The lowest BCUT2D eigenvalue weighted by molar-refractivity contribution is 0.588. The van der Waals surface area contributed by atoms with Gasteiger partial charge in [0, 0.05) is 18.1 Å². The maximum Gasteiger partial charge on any atom is 0.213 e. The molecule has 0 saturated carbocycles. The van der Waals surface area contributed by atoms with Gasteiger partial charge in [-0.3, -0.25) is 0 Å². The molecule has 2 rings (SSSR count). The third kappa shape index (κ3) is 2.96. The van der Waals surface area contributed by atoms with Gasteiger partial charge in [0.15, 0.2) is 0 Å². The highest BCUT2D eigenvalue weighted by Gasteiger charge is 2.07. The van der Waals surface area contributed by atoms with Crippen molar-refractivity contribution < 1.29 is 8.42 Å². The van der Waals surface area contributed by atoms with Gasteiger partial charge in [0.1, 0.15) is 5.82 Å². The van der Waals surface area contributed by atoms with Crippen molar-refractivity contribution >= 4 is 26.6 Å². The summed E-state index contributed by atoms with van der Waals surface area (Å²) in [6, 6.07) is 9.76. The van der Waals surface area contributed by atoms with Crippen molar-refractivity contribution in [2.24, 2.45) is 0 Å². The highest BCUT2D eigenvalue weighted by Crippen LogP contribution is 2.19. The maximum absolute atomic E-state index is 11.3. The highest BCUT2D eigenvalue weighted by atomic mass is 32.2. The van der Waals surface area contributed by atoms with E-state index < -0.39 is 10.0 Å². The summed E-state index contributed by atoms with van der Waals surface area (Å²) in [7, 11) is -1.77. The van der Waals surface area contributed by atoms with Gasteiger partial charge in [-0.2, -0.15) is 0 Å². The number of aromatic nitrogens is 1. The predicted octanol–water partition coefficient (Wildman–Crippen LogP) is 1.20. The number of hydrogen-bond acceptors (Lipinski definition) is 4. The molecule has 0 saturated heterocycles. The van der Waals surface area contributed by atoms with Gasteiger partial charge in [-0.05, 0) is 18.5 Å². The van der Waals surface area contributed by atoms with Crippen molar-refractivity contribution in [1.82, 2.24) is 9.71 Å². The van der Waals surface area contributed by atoms with Gasteiger partial charge in [0.2, 0.25) is 10.0 Å². The number of nitrogens with one attached hydrogen (secondary N) is 2. The fourth-order valence-electron chi connectivity index (χ4n) is 1.67. The second-order valence-electron chi connectivity index (χ2n) is 3.83. The SMILES string of the molecule is CNS(=O)(=O)CCNc1nccc2ccccc12. The van der Waals surface area contributed by atoms with Crippen LogP contribution >= 0.6 is 0 Å². The summed E-state index contributed by atoms with van der Waals surface area (Å²) in [6.45, 7) is 0.324. The lowest BCUT2D eigenvalue weighted by Crippen LogP contribution is -2.26. The number of sulfonamides is 1. The molecule has 1 aromatic heterocycles. The van der Waals surface area contributed by atoms with Crippen molar-refractivity contribution in [3.8, 4) is 0 Å². The fourth-order valence-corrected chi connectivity index (χ4v) is 2.24. The van der Waals surface area contributed by atoms with Crippen LogP contribution in [-0.2, 0) is 10.0 Å². The van der Waals surface area contributed by atoms with Crippen molar-refractivity contribution in [2.75, 3.05) is 24.7 Å². The van der Waals surface area contributed by atoms with Crippen LogP contribution in [0.15, 0.2) is 36.5 Å². The lowest BCUT2D eigenvalue weighted by Gasteiger charge is -2.08. The van der Waals surface area contributed by atoms with E-state index in [1.165, 1.54) is 7.05 Å². The van der Waals surface area contributed by atoms with Crippen LogP contribution in [-0.4, -0.2) is 32.7 Å². The molecule has 96 valence electrons. The van der Waals surface area contributed by atoms with Gasteiger partial charge >= 0.3 is 0 Å². The van der Waals surface area contributed by atoms with Crippen LogP contribution in [0.2, 0.25) is 0 Å². The van der Waals surface area contributed by atoms with Crippen LogP contribution in [0.5, 0.6) is 0 Å². The maximum atomic E-state index is 11.3. The number of pyridine rings is 1. The molecule has 0 unspecified atom stereocenters. The zero-order chi connectivity index (χ0) is 13.0. The molecule has 1 heterocycles. The normalized spacial score (nSPS) is 11.6. The van der Waals surface area contributed by atoms with E-state index in [9.17, 15) is 8.42 Å². The van der Waals surface area contributed by atoms with Crippen LogP contribution in [0, 0.1) is 0 Å². The molecule has 2 N–H and O–H groups in total. The van der Waals surface area contributed by atoms with Crippen LogP contribution in [0.25, 0.3) is 10.8 Å². The molecule has 0 fully saturated rings. The molecule has 5 nitrogen and oxygen atoms in total. The summed E-state index contributed by atoms with van der Waals surface area (Å²) in [5.41, 5.74) is 0. The van der Waals surface area contributed by atoms with Gasteiger partial charge in [0.25, 0.3) is 0 Å². The molecule has 0 radical (unpaired) electrons. The number of fused-ring (bicyclic) bond motifs is 1. The van der Waals surface area contributed by atoms with Crippen LogP contribution < -0.4 is 10.0 Å². The molecule has 0 aliphatic heterocycles. The van der Waals surface area contributed by atoms with Crippen molar-refractivity contribution in [2.45, 2.75) is 0 Å². The van der Waals surface area contributed by atoms with Gasteiger partial charge in [0.05, 0.1) is 5.75 Å². The molecule has 0 bridgehead atoms. The average molecular weight is 265 g/mol. The molecule has 0 atom stereocenters. The second-order valence-corrected chi connectivity index (χ2v) is 5.88. The largest absolute Gasteiger partial charge is 0.368 e. The Labute approximate surface area is 106 Å². The number of hydrogen-bond donors (Lipinski definition) is 2. The molecule has 0 aliphatic carbocycles. The standard InChI is InChI=1S/C12H15N3O2S/c1-13-18(16,17)9-8-15-12-11-5-3-2-4-10(11)6-7-14-12/h2-7,13H,8-9H2,1H3,(H,14,15). The number of benzene rings is 1. The molecule has 6 heteroatoms. The molecule has 0 spiro atoms. The minimum Gasteiger partial charge on any atom is -0.368 e. The Morgan fingerprint density at radius 1 is 1.22 bits per heavy atom. The first-order valence-corrected chi connectivity index (χ1v) is 7.26. The Kier molecular flexibility index (Phi) is 3.78. The summed E-state index contributed by atoms with van der Waals surface area (Å²) in [6.07, 6.45) is 1.71. The first-order valence-electron chi connectivity index (χ1n) is 5.61. The summed E-state index contributed by atoms with van der Waals surface area (Å²) in [4.78, 5) is 4.23. The first kappa shape index (κ1) is 12.8. The molecule has 18 heavy (non-hydrogen) atoms. The van der Waals surface area contributed by atoms with Crippen molar-refractivity contribution in [3.05, 3.63) is 36.5 Å². The second kappa shape index (κ2) is 5.32. The molecule has 0 aliphatic rings. The number of rotatable bonds is 5. The zero-order valence-corrected chi connectivity index (χ0v) is 10.9. The van der Waals surface area contributed by atoms with Crippen molar-refractivity contribution in [1.29, 1.82) is 0 Å². The van der Waals surface area contributed by atoms with E-state index in [1.807, 2.05) is 30.3 Å². The first-order chi connectivity index (χ1) is 8.62. The van der Waals surface area contributed by atoms with E-state index in [2.05, 4.69) is 15.0 Å². The van der Waals surface area contributed by atoms with E-state index in [4.69, 9.17) is 0 Å². The average Bonchev–Trinajstić information content (AvgIpc) is 2.39. The summed E-state index contributed by atoms with van der Waals surface area (Å²) in [5, 5.41) is 5.11. The molecule has 2 aromatic rings. The Morgan fingerprint density at radius 3 is 2.78 bits per heavy atom. The van der Waals surface area contributed by atoms with E-state index in [0.717, 1.165) is 10.8 Å². The Morgan fingerprint density at radius 2 is 2.00 bits per heavy atom. The number of anilines is 1. The van der Waals surface area contributed by atoms with E-state index in [-0.39, 0.29) is 5.75 Å². The van der Waals surface area contributed by atoms with E-state index in [1.54, 1.807) is 6.20 Å². The topological polar surface area (TPSA) is 71.1 Å². The Bertz CT molecular complexity index is 635. The molecule has 0 amide bonds. The summed E-state index contributed by atoms with van der Waals surface area (Å²) >= 11 is 0. The monoisotopic (exact) mass is 265 g/mol. The molecular formula is C12H15N3O2S. The quantitative estimate of drug-likeness (QED) is 0.852. The van der Waals surface area contributed by atoms with Gasteiger partial charge in [-0.1, -0.05) is 24.3 Å². The van der Waals surface area contributed by atoms with Gasteiger partial charge < -0.3 is 5.32 Å². The fraction of sp³-hybridized carbons (Fsp3) is 0.250. The van der Waals surface area contributed by atoms with Crippen LogP contribution in [0.3, 0.4) is 0 Å². The third-order valence-electron chi connectivity index (χ3n) is 2.65.